The quantitative estimate of drug-likeness (QED) is 0.407. The lowest BCUT2D eigenvalue weighted by Gasteiger charge is -2.30. The van der Waals surface area contributed by atoms with Gasteiger partial charge in [-0.1, -0.05) is 45.2 Å². The maximum absolute atomic E-state index is 12.8. The minimum absolute atomic E-state index is 0.0211. The van der Waals surface area contributed by atoms with E-state index in [0.29, 0.717) is 16.4 Å². The SMILES string of the molecule is O=C1NC(=S)N(c2ccc(Br)cc2)C(=O)[C@H]1C=Nc1cccc(Cl)c1Cl. The van der Waals surface area contributed by atoms with Crippen molar-refractivity contribution in [2.75, 3.05) is 4.90 Å². The van der Waals surface area contributed by atoms with Gasteiger partial charge in [0.1, 0.15) is 0 Å². The van der Waals surface area contributed by atoms with Crippen LogP contribution in [0.25, 0.3) is 0 Å². The van der Waals surface area contributed by atoms with Crippen molar-refractivity contribution in [1.29, 1.82) is 0 Å². The molecule has 1 N–H and O–H groups in total. The number of aliphatic imine (C=N–C) groups is 1. The normalized spacial score (nSPS) is 17.7. The number of halogens is 3. The van der Waals surface area contributed by atoms with E-state index in [4.69, 9.17) is 35.4 Å². The average molecular weight is 471 g/mol. The van der Waals surface area contributed by atoms with Crippen molar-refractivity contribution in [3.63, 3.8) is 0 Å². The molecule has 2 aromatic carbocycles. The zero-order chi connectivity index (χ0) is 18.8. The Morgan fingerprint density at radius 1 is 1.15 bits per heavy atom. The molecule has 2 aromatic rings. The summed E-state index contributed by atoms with van der Waals surface area (Å²) in [6.07, 6.45) is 1.24. The van der Waals surface area contributed by atoms with Gasteiger partial charge in [0.2, 0.25) is 5.91 Å². The van der Waals surface area contributed by atoms with Crippen molar-refractivity contribution in [3.05, 3.63) is 57.0 Å². The standard InChI is InChI=1S/C17H10BrCl2N3O2S/c18-9-4-6-10(7-5-9)23-16(25)11(15(24)22-17(23)26)8-21-13-3-1-2-12(19)14(13)20/h1-8,11H,(H,22,24,26)/t11-/m0/s1. The largest absolute Gasteiger partial charge is 0.301 e. The molecule has 2 amide bonds. The Labute approximate surface area is 173 Å². The van der Waals surface area contributed by atoms with Gasteiger partial charge in [0.15, 0.2) is 11.0 Å². The van der Waals surface area contributed by atoms with Crippen LogP contribution >= 0.6 is 51.3 Å². The Morgan fingerprint density at radius 2 is 1.85 bits per heavy atom. The molecule has 1 atom stereocenters. The molecule has 1 heterocycles. The highest BCUT2D eigenvalue weighted by atomic mass is 79.9. The lowest BCUT2D eigenvalue weighted by molar-refractivity contribution is -0.130. The number of hydrogen-bond acceptors (Lipinski definition) is 4. The van der Waals surface area contributed by atoms with E-state index in [1.807, 2.05) is 0 Å². The van der Waals surface area contributed by atoms with E-state index in [2.05, 4.69) is 26.2 Å². The summed E-state index contributed by atoms with van der Waals surface area (Å²) in [5, 5.41) is 3.12. The number of benzene rings is 2. The summed E-state index contributed by atoms with van der Waals surface area (Å²) < 4.78 is 0.856. The Kier molecular flexibility index (Phi) is 5.72. The van der Waals surface area contributed by atoms with Gasteiger partial charge in [0.05, 0.1) is 21.4 Å². The highest BCUT2D eigenvalue weighted by molar-refractivity contribution is 9.10. The number of carbonyl (C=O) groups is 2. The Hall–Kier alpha value is -1.80. The van der Waals surface area contributed by atoms with E-state index in [1.54, 1.807) is 42.5 Å². The van der Waals surface area contributed by atoms with Gasteiger partial charge < -0.3 is 5.32 Å². The van der Waals surface area contributed by atoms with Gasteiger partial charge in [0, 0.05) is 10.7 Å². The molecule has 0 spiro atoms. The van der Waals surface area contributed by atoms with E-state index in [0.717, 1.165) is 4.47 Å². The second-order valence-corrected chi connectivity index (χ2v) is 7.36. The van der Waals surface area contributed by atoms with E-state index >= 15 is 0 Å². The second kappa shape index (κ2) is 7.84. The van der Waals surface area contributed by atoms with Crippen molar-refractivity contribution in [1.82, 2.24) is 5.32 Å². The average Bonchev–Trinajstić information content (AvgIpc) is 2.59. The fraction of sp³-hybridized carbons (Fsp3) is 0.0588. The maximum atomic E-state index is 12.8. The first kappa shape index (κ1) is 19.0. The molecule has 0 saturated carbocycles. The first-order chi connectivity index (χ1) is 12.4. The summed E-state index contributed by atoms with van der Waals surface area (Å²) in [5.74, 6) is -2.18. The van der Waals surface area contributed by atoms with Crippen molar-refractivity contribution in [3.8, 4) is 0 Å². The summed E-state index contributed by atoms with van der Waals surface area (Å²) in [6.45, 7) is 0. The van der Waals surface area contributed by atoms with Gasteiger partial charge in [-0.2, -0.15) is 0 Å². The highest BCUT2D eigenvalue weighted by Crippen LogP contribution is 2.32. The second-order valence-electron chi connectivity index (χ2n) is 5.27. The van der Waals surface area contributed by atoms with Crippen molar-refractivity contribution < 1.29 is 9.59 Å². The van der Waals surface area contributed by atoms with Crippen LogP contribution in [0, 0.1) is 5.92 Å². The molecule has 9 heteroatoms. The van der Waals surface area contributed by atoms with Crippen LogP contribution in [0.15, 0.2) is 51.9 Å². The van der Waals surface area contributed by atoms with E-state index in [1.165, 1.54) is 11.1 Å². The highest BCUT2D eigenvalue weighted by Gasteiger charge is 2.38. The van der Waals surface area contributed by atoms with Gasteiger partial charge in [-0.25, -0.2) is 0 Å². The Morgan fingerprint density at radius 3 is 2.54 bits per heavy atom. The van der Waals surface area contributed by atoms with Gasteiger partial charge in [-0.15, -0.1) is 0 Å². The molecule has 1 saturated heterocycles. The summed E-state index contributed by atoms with van der Waals surface area (Å²) in [7, 11) is 0. The molecule has 1 aliphatic rings. The maximum Gasteiger partial charge on any atom is 0.251 e. The van der Waals surface area contributed by atoms with Crippen LogP contribution in [-0.2, 0) is 9.59 Å². The number of anilines is 1. The Balaban J connectivity index is 1.91. The van der Waals surface area contributed by atoms with Crippen LogP contribution in [0.3, 0.4) is 0 Å². The topological polar surface area (TPSA) is 61.8 Å². The fourth-order valence-electron chi connectivity index (χ4n) is 2.30. The van der Waals surface area contributed by atoms with Crippen LogP contribution < -0.4 is 10.2 Å². The summed E-state index contributed by atoms with van der Waals surface area (Å²) in [4.78, 5) is 30.5. The van der Waals surface area contributed by atoms with E-state index in [9.17, 15) is 9.59 Å². The molecule has 1 aliphatic heterocycles. The van der Waals surface area contributed by atoms with Gasteiger partial charge in [-0.05, 0) is 48.6 Å². The van der Waals surface area contributed by atoms with Gasteiger partial charge in [0.25, 0.3) is 5.91 Å². The lowest BCUT2D eigenvalue weighted by Crippen LogP contribution is -2.58. The lowest BCUT2D eigenvalue weighted by atomic mass is 10.1. The molecule has 0 aromatic heterocycles. The molecule has 0 unspecified atom stereocenters. The molecule has 3 rings (SSSR count). The predicted octanol–water partition coefficient (Wildman–Crippen LogP) is 4.52. The van der Waals surface area contributed by atoms with Crippen molar-refractivity contribution in [2.45, 2.75) is 0 Å². The van der Waals surface area contributed by atoms with Crippen LogP contribution in [0.2, 0.25) is 10.0 Å². The zero-order valence-corrected chi connectivity index (χ0v) is 16.9. The molecule has 132 valence electrons. The van der Waals surface area contributed by atoms with Crippen LogP contribution in [0.5, 0.6) is 0 Å². The van der Waals surface area contributed by atoms with Crippen LogP contribution in [0.1, 0.15) is 0 Å². The smallest absolute Gasteiger partial charge is 0.251 e. The van der Waals surface area contributed by atoms with Crippen LogP contribution in [0.4, 0.5) is 11.4 Å². The number of carbonyl (C=O) groups excluding carboxylic acids is 2. The molecule has 26 heavy (non-hydrogen) atoms. The summed E-state index contributed by atoms with van der Waals surface area (Å²) >= 11 is 20.5. The third-order valence-corrected chi connectivity index (χ3v) is 5.20. The zero-order valence-electron chi connectivity index (χ0n) is 12.9. The predicted molar refractivity (Wildman–Crippen MR) is 110 cm³/mol. The van der Waals surface area contributed by atoms with Gasteiger partial charge >= 0.3 is 0 Å². The number of nitrogens with zero attached hydrogens (tertiary/aromatic N) is 2. The third kappa shape index (κ3) is 3.81. The molecular weight excluding hydrogens is 461 g/mol. The fourth-order valence-corrected chi connectivity index (χ4v) is 3.21. The molecular formula is C17H10BrCl2N3O2S. The first-order valence-electron chi connectivity index (χ1n) is 7.31. The van der Waals surface area contributed by atoms with E-state index < -0.39 is 17.7 Å². The Bertz CT molecular complexity index is 934. The third-order valence-electron chi connectivity index (χ3n) is 3.58. The molecule has 5 nitrogen and oxygen atoms in total. The number of rotatable bonds is 3. The molecule has 0 bridgehead atoms. The van der Waals surface area contributed by atoms with Gasteiger partial charge in [-0.3, -0.25) is 19.5 Å². The summed E-state index contributed by atoms with van der Waals surface area (Å²) in [5.41, 5.74) is 0.908. The monoisotopic (exact) mass is 469 g/mol. The number of thiocarbonyl (C=S) groups is 1. The molecule has 0 radical (unpaired) electrons. The number of nitrogens with one attached hydrogen (secondary N) is 1. The molecule has 0 aliphatic carbocycles. The molecule has 1 fully saturated rings. The number of amides is 2. The first-order valence-corrected chi connectivity index (χ1v) is 9.27. The minimum Gasteiger partial charge on any atom is -0.301 e. The minimum atomic E-state index is -1.14. The van der Waals surface area contributed by atoms with Crippen LogP contribution in [-0.4, -0.2) is 23.1 Å². The van der Waals surface area contributed by atoms with E-state index in [-0.39, 0.29) is 10.1 Å². The van der Waals surface area contributed by atoms with Crippen molar-refractivity contribution >= 4 is 85.9 Å². The summed E-state index contributed by atoms with van der Waals surface area (Å²) in [6, 6.07) is 11.9. The van der Waals surface area contributed by atoms with Crippen molar-refractivity contribution in [2.24, 2.45) is 10.9 Å². The number of hydrogen-bond donors (Lipinski definition) is 1.